The van der Waals surface area contributed by atoms with Gasteiger partial charge in [-0.05, 0) is 55.0 Å². The molecule has 2 atom stereocenters. The third-order valence-electron chi connectivity index (χ3n) is 4.06. The van der Waals surface area contributed by atoms with Gasteiger partial charge in [0.2, 0.25) is 0 Å². The fourth-order valence-electron chi connectivity index (χ4n) is 2.99. The van der Waals surface area contributed by atoms with Gasteiger partial charge in [-0.15, -0.1) is 11.3 Å². The highest BCUT2D eigenvalue weighted by atomic mass is 35.5. The van der Waals surface area contributed by atoms with Crippen molar-refractivity contribution >= 4 is 22.9 Å². The number of hydrogen-bond donors (Lipinski definition) is 1. The third-order valence-corrected chi connectivity index (χ3v) is 5.40. The van der Waals surface area contributed by atoms with Crippen LogP contribution >= 0.6 is 22.9 Å². The molecule has 0 amide bonds. The molecule has 0 fully saturated rings. The van der Waals surface area contributed by atoms with E-state index in [1.807, 2.05) is 6.07 Å². The lowest BCUT2D eigenvalue weighted by atomic mass is 9.74. The summed E-state index contributed by atoms with van der Waals surface area (Å²) in [6.45, 7) is 3.28. The van der Waals surface area contributed by atoms with E-state index in [2.05, 4.69) is 42.6 Å². The van der Waals surface area contributed by atoms with Crippen molar-refractivity contribution < 1.29 is 0 Å². The smallest absolute Gasteiger partial charge is 0.0931 e. The molecular formula is C17H20ClNS. The van der Waals surface area contributed by atoms with Crippen LogP contribution < -0.4 is 5.32 Å². The highest BCUT2D eigenvalue weighted by molar-refractivity contribution is 7.16. The summed E-state index contributed by atoms with van der Waals surface area (Å²) in [7, 11) is 0. The minimum atomic E-state index is 0.436. The van der Waals surface area contributed by atoms with Crippen molar-refractivity contribution in [2.24, 2.45) is 0 Å². The Balaban J connectivity index is 1.71. The quantitative estimate of drug-likeness (QED) is 0.776. The van der Waals surface area contributed by atoms with Crippen molar-refractivity contribution in [3.8, 4) is 0 Å². The molecule has 106 valence electrons. The van der Waals surface area contributed by atoms with E-state index in [-0.39, 0.29) is 0 Å². The highest BCUT2D eigenvalue weighted by Gasteiger charge is 2.28. The van der Waals surface area contributed by atoms with Gasteiger partial charge in [-0.3, -0.25) is 0 Å². The molecule has 0 bridgehead atoms. The number of halogens is 1. The molecule has 1 nitrogen and oxygen atoms in total. The number of benzene rings is 1. The first-order valence-electron chi connectivity index (χ1n) is 7.34. The molecular weight excluding hydrogens is 286 g/mol. The van der Waals surface area contributed by atoms with Gasteiger partial charge >= 0.3 is 0 Å². The highest BCUT2D eigenvalue weighted by Crippen LogP contribution is 2.42. The van der Waals surface area contributed by atoms with Gasteiger partial charge in [0.25, 0.3) is 0 Å². The largest absolute Gasteiger partial charge is 0.309 e. The zero-order valence-electron chi connectivity index (χ0n) is 11.7. The molecule has 0 spiro atoms. The standard InChI is InChI=1S/C17H20ClNS/c1-2-9-19-15(16-7-8-17(18)20-16)11-13-10-12-5-3-4-6-14(12)13/h3-8,13,15,19H,2,9-11H2,1H3. The first kappa shape index (κ1) is 14.1. The molecule has 1 heterocycles. The van der Waals surface area contributed by atoms with E-state index in [1.54, 1.807) is 16.9 Å². The molecule has 3 heteroatoms. The summed E-state index contributed by atoms with van der Waals surface area (Å²) < 4.78 is 0.886. The maximum absolute atomic E-state index is 6.09. The van der Waals surface area contributed by atoms with Gasteiger partial charge in [-0.2, -0.15) is 0 Å². The van der Waals surface area contributed by atoms with Gasteiger partial charge in [0.1, 0.15) is 0 Å². The van der Waals surface area contributed by atoms with Gasteiger partial charge in [0, 0.05) is 10.9 Å². The fraction of sp³-hybridized carbons (Fsp3) is 0.412. The van der Waals surface area contributed by atoms with E-state index < -0.39 is 0 Å². The SMILES string of the molecule is CCCNC(CC1Cc2ccccc21)c1ccc(Cl)s1. The van der Waals surface area contributed by atoms with E-state index in [1.165, 1.54) is 23.3 Å². The second-order valence-corrected chi connectivity index (χ2v) is 7.23. The van der Waals surface area contributed by atoms with Crippen LogP contribution in [0.3, 0.4) is 0 Å². The van der Waals surface area contributed by atoms with E-state index >= 15 is 0 Å². The number of nitrogens with one attached hydrogen (secondary N) is 1. The average molecular weight is 306 g/mol. The zero-order chi connectivity index (χ0) is 13.9. The molecule has 0 radical (unpaired) electrons. The normalized spacial score (nSPS) is 18.4. The lowest BCUT2D eigenvalue weighted by Crippen LogP contribution is -2.27. The monoisotopic (exact) mass is 305 g/mol. The first-order valence-corrected chi connectivity index (χ1v) is 8.53. The van der Waals surface area contributed by atoms with Crippen molar-refractivity contribution in [3.63, 3.8) is 0 Å². The molecule has 1 aromatic carbocycles. The van der Waals surface area contributed by atoms with Crippen molar-refractivity contribution in [3.05, 3.63) is 56.7 Å². The predicted molar refractivity (Wildman–Crippen MR) is 87.9 cm³/mol. The summed E-state index contributed by atoms with van der Waals surface area (Å²) in [5, 5.41) is 3.68. The summed E-state index contributed by atoms with van der Waals surface area (Å²) in [4.78, 5) is 1.37. The summed E-state index contributed by atoms with van der Waals surface area (Å²) in [6.07, 6.45) is 3.56. The van der Waals surface area contributed by atoms with Crippen LogP contribution in [0.1, 0.15) is 47.7 Å². The van der Waals surface area contributed by atoms with Gasteiger partial charge < -0.3 is 5.32 Å². The van der Waals surface area contributed by atoms with E-state index in [9.17, 15) is 0 Å². The third kappa shape index (κ3) is 2.93. The van der Waals surface area contributed by atoms with Crippen LogP contribution in [0.5, 0.6) is 0 Å². The Morgan fingerprint density at radius 1 is 1.30 bits per heavy atom. The van der Waals surface area contributed by atoms with Crippen molar-refractivity contribution in [1.29, 1.82) is 0 Å². The van der Waals surface area contributed by atoms with Gasteiger partial charge in [0.15, 0.2) is 0 Å². The second-order valence-electron chi connectivity index (χ2n) is 5.48. The lowest BCUT2D eigenvalue weighted by molar-refractivity contribution is 0.433. The van der Waals surface area contributed by atoms with E-state index in [0.717, 1.165) is 17.3 Å². The molecule has 2 unspecified atom stereocenters. The van der Waals surface area contributed by atoms with Crippen LogP contribution in [0.2, 0.25) is 4.34 Å². The topological polar surface area (TPSA) is 12.0 Å². The molecule has 0 aliphatic heterocycles. The number of hydrogen-bond acceptors (Lipinski definition) is 2. The van der Waals surface area contributed by atoms with Crippen LogP contribution in [0, 0.1) is 0 Å². The van der Waals surface area contributed by atoms with E-state index in [4.69, 9.17) is 11.6 Å². The van der Waals surface area contributed by atoms with Crippen molar-refractivity contribution in [2.45, 2.75) is 38.1 Å². The summed E-state index contributed by atoms with van der Waals surface area (Å²) >= 11 is 7.80. The maximum Gasteiger partial charge on any atom is 0.0931 e. The minimum Gasteiger partial charge on any atom is -0.309 e. The van der Waals surface area contributed by atoms with Gasteiger partial charge in [-0.1, -0.05) is 42.8 Å². The molecule has 1 aromatic heterocycles. The molecule has 2 aromatic rings. The first-order chi connectivity index (χ1) is 9.78. The lowest BCUT2D eigenvalue weighted by Gasteiger charge is -2.33. The molecule has 0 saturated carbocycles. The molecule has 0 saturated heterocycles. The maximum atomic E-state index is 6.09. The van der Waals surface area contributed by atoms with Gasteiger partial charge in [0.05, 0.1) is 4.34 Å². The summed E-state index contributed by atoms with van der Waals surface area (Å²) in [6, 6.07) is 13.4. The van der Waals surface area contributed by atoms with Crippen LogP contribution in [0.25, 0.3) is 0 Å². The number of thiophene rings is 1. The van der Waals surface area contributed by atoms with Crippen molar-refractivity contribution in [1.82, 2.24) is 5.32 Å². The minimum absolute atomic E-state index is 0.436. The zero-order valence-corrected chi connectivity index (χ0v) is 13.3. The molecule has 1 aliphatic rings. The Bertz CT molecular complexity index is 578. The Morgan fingerprint density at radius 3 is 2.85 bits per heavy atom. The van der Waals surface area contributed by atoms with Crippen molar-refractivity contribution in [2.75, 3.05) is 6.54 Å². The van der Waals surface area contributed by atoms with Crippen LogP contribution in [-0.2, 0) is 6.42 Å². The Hall–Kier alpha value is -0.830. The second kappa shape index (κ2) is 6.30. The average Bonchev–Trinajstić information content (AvgIpc) is 2.86. The fourth-order valence-corrected chi connectivity index (χ4v) is 4.14. The van der Waals surface area contributed by atoms with Gasteiger partial charge in [-0.25, -0.2) is 0 Å². The molecule has 1 N–H and O–H groups in total. The predicted octanol–water partition coefficient (Wildman–Crippen LogP) is 5.17. The van der Waals surface area contributed by atoms with Crippen LogP contribution in [0.15, 0.2) is 36.4 Å². The Morgan fingerprint density at radius 2 is 2.15 bits per heavy atom. The number of fused-ring (bicyclic) bond motifs is 1. The molecule has 1 aliphatic carbocycles. The Labute approximate surface area is 130 Å². The van der Waals surface area contributed by atoms with Crippen LogP contribution in [-0.4, -0.2) is 6.54 Å². The summed E-state index contributed by atoms with van der Waals surface area (Å²) in [5.74, 6) is 0.696. The van der Waals surface area contributed by atoms with Crippen LogP contribution in [0.4, 0.5) is 0 Å². The summed E-state index contributed by atoms with van der Waals surface area (Å²) in [5.41, 5.74) is 3.06. The molecule has 20 heavy (non-hydrogen) atoms. The van der Waals surface area contributed by atoms with E-state index in [0.29, 0.717) is 12.0 Å². The Kier molecular flexibility index (Phi) is 4.45. The number of rotatable bonds is 6. The molecule has 3 rings (SSSR count).